The lowest BCUT2D eigenvalue weighted by molar-refractivity contribution is 0.0964. The molecule has 2 aromatic heterocycles. The van der Waals surface area contributed by atoms with Crippen molar-refractivity contribution in [3.8, 4) is 11.5 Å². The first-order chi connectivity index (χ1) is 42.3. The largest absolute Gasteiger partial charge is 0.508 e. The normalized spacial score (nSPS) is 11.7. The smallest absolute Gasteiger partial charge is 0.280 e. The van der Waals surface area contributed by atoms with Gasteiger partial charge in [-0.25, -0.2) is 19.9 Å². The molecule has 6 aromatic rings. The number of aromatic nitrogens is 4. The van der Waals surface area contributed by atoms with E-state index in [9.17, 15) is 30.0 Å². The lowest BCUT2D eigenvalue weighted by Gasteiger charge is -2.13. The van der Waals surface area contributed by atoms with Gasteiger partial charge in [-0.2, -0.15) is 0 Å². The maximum atomic E-state index is 12.3. The van der Waals surface area contributed by atoms with Gasteiger partial charge >= 0.3 is 0 Å². The molecule has 0 bridgehead atoms. The number of unbranched alkanes of at least 4 members (excludes halogenated alkanes) is 8. The second-order valence-corrected chi connectivity index (χ2v) is 22.4. The highest BCUT2D eigenvalue weighted by Crippen LogP contribution is 2.28. The van der Waals surface area contributed by atoms with E-state index in [-0.39, 0.29) is 91.6 Å². The van der Waals surface area contributed by atoms with Crippen LogP contribution in [0.1, 0.15) is 168 Å². The molecule has 4 aromatic carbocycles. The lowest BCUT2D eigenvalue weighted by Crippen LogP contribution is -2.38. The van der Waals surface area contributed by atoms with Crippen molar-refractivity contribution in [3.05, 3.63) is 151 Å². The van der Waals surface area contributed by atoms with Crippen molar-refractivity contribution < 1.29 is 39.5 Å². The summed E-state index contributed by atoms with van der Waals surface area (Å²) in [6, 6.07) is 28.2. The fourth-order valence-electron chi connectivity index (χ4n) is 9.05. The van der Waals surface area contributed by atoms with Gasteiger partial charge in [0.15, 0.2) is 56.1 Å². The third-order valence-electron chi connectivity index (χ3n) is 14.0. The molecule has 22 nitrogen and oxygen atoms in total. The molecule has 0 saturated heterocycles. The molecule has 2 heterocycles. The maximum absolute atomic E-state index is 12.3. The van der Waals surface area contributed by atoms with Crippen molar-refractivity contribution in [2.45, 2.75) is 141 Å². The number of ether oxygens (including phenoxy) is 2. The second-order valence-electron chi connectivity index (χ2n) is 20.9. The van der Waals surface area contributed by atoms with Gasteiger partial charge in [0.25, 0.3) is 11.8 Å². The maximum Gasteiger partial charge on any atom is 0.280 e. The van der Waals surface area contributed by atoms with E-state index >= 15 is 0 Å². The van der Waals surface area contributed by atoms with Crippen LogP contribution in [0, 0.1) is 5.41 Å². The van der Waals surface area contributed by atoms with Crippen molar-refractivity contribution in [2.75, 3.05) is 56.5 Å². The van der Waals surface area contributed by atoms with E-state index in [0.717, 1.165) is 125 Å². The van der Waals surface area contributed by atoms with Crippen LogP contribution in [0.5, 0.6) is 11.5 Å². The Balaban J connectivity index is 0.000000386. The van der Waals surface area contributed by atoms with Crippen molar-refractivity contribution in [2.24, 2.45) is 16.5 Å². The second kappa shape index (κ2) is 42.4. The number of phenolic OH excluding ortho intramolecular Hbond substituents is 2. The summed E-state index contributed by atoms with van der Waals surface area (Å²) in [6.45, 7) is 1.91. The Labute approximate surface area is 553 Å². The number of nitrogen functional groups attached to an aromatic ring is 4. The van der Waals surface area contributed by atoms with Gasteiger partial charge in [0, 0.05) is 31.9 Å². The standard InChI is InChI=1S/C31H42ClN7O4.C25H37NO3.C7H9ClN6OS.HI/c1-43-19-23-18-22(15-16-25(23)41)24(40)10-5-3-2-4-8-20-11-13-21(14-12-20)9-6-7-17-36-31(35)39-30(42)26-28(33)38-29(34)27(32)37-26;1-29-19-23-18-22(15-16-25(23)28)24(27)10-5-3-2-4-8-20-11-13-21(14-12-20)9-6-7-17-26;1-16-7(11)14-6(15)2-4(9)13-5(10)3(8)12-2;/h11-16,18,24,40-41H,2-10,17,19H2,1H3,(H4,33,34,38)(H3,35,36,39,42);11-16,18,24,27-28H,2-10,17,19,26H2,1H3;1H3,(H4,9,10,13)(H2,11,14,15);1H/t2*24-;;/m00../s1. The number of benzene rings is 4. The first-order valence-corrected chi connectivity index (χ1v) is 31.3. The topological polar surface area (TPSA) is 401 Å². The SMILES string of the molecule is COCc1cc([C@@H](O)CCCCCCc2ccc(CCCCN)cc2)ccc1O.COCc1cc([C@@H](O)CCCCCCc2ccc(CCCCN=C(N)NC(=O)c3nc(Cl)c(N)nc3N)cc2)ccc1O.CSC(=N)NC(=O)c1nc(Cl)c(N)nc1N.I. The molecule has 0 aliphatic carbocycles. The first-order valence-electron chi connectivity index (χ1n) is 29.3. The molecule has 19 N–H and O–H groups in total. The predicted molar refractivity (Wildman–Crippen MR) is 369 cm³/mol. The van der Waals surface area contributed by atoms with Gasteiger partial charge in [-0.1, -0.05) is 134 Å². The Morgan fingerprint density at radius 2 is 0.944 bits per heavy atom. The molecule has 26 heteroatoms. The molecule has 2 atom stereocenters. The number of nitrogens with one attached hydrogen (secondary N) is 3. The van der Waals surface area contributed by atoms with Crippen LogP contribution in [0.15, 0.2) is 89.9 Å². The quantitative estimate of drug-likeness (QED) is 0.00832. The van der Waals surface area contributed by atoms with Crippen LogP contribution < -0.4 is 45.0 Å². The van der Waals surface area contributed by atoms with Gasteiger partial charge in [-0.15, -0.1) is 24.0 Å². The van der Waals surface area contributed by atoms with E-state index in [1.807, 2.05) is 12.1 Å². The summed E-state index contributed by atoms with van der Waals surface area (Å²) in [5, 5.41) is 52.3. The molecule has 0 fully saturated rings. The molecule has 486 valence electrons. The highest BCUT2D eigenvalue weighted by molar-refractivity contribution is 14.0. The van der Waals surface area contributed by atoms with Crippen molar-refractivity contribution in [1.82, 2.24) is 30.6 Å². The fourth-order valence-corrected chi connectivity index (χ4v) is 9.49. The van der Waals surface area contributed by atoms with E-state index in [0.29, 0.717) is 31.7 Å². The minimum Gasteiger partial charge on any atom is -0.508 e. The summed E-state index contributed by atoms with van der Waals surface area (Å²) in [5.74, 6) is -1.32. The lowest BCUT2D eigenvalue weighted by atomic mass is 9.99. The molecule has 89 heavy (non-hydrogen) atoms. The van der Waals surface area contributed by atoms with E-state index < -0.39 is 24.0 Å². The number of rotatable bonds is 31. The van der Waals surface area contributed by atoms with Crippen LogP contribution >= 0.6 is 58.9 Å². The zero-order valence-electron chi connectivity index (χ0n) is 51.0. The van der Waals surface area contributed by atoms with Gasteiger partial charge < -0.3 is 69.6 Å². The molecule has 6 rings (SSSR count). The summed E-state index contributed by atoms with van der Waals surface area (Å²) in [7, 11) is 3.18. The fraction of sp³-hybridized carbons (Fsp3) is 0.429. The third-order valence-corrected chi connectivity index (χ3v) is 15.1. The van der Waals surface area contributed by atoms with Crippen LogP contribution in [0.4, 0.5) is 23.3 Å². The number of hydrogen-bond donors (Lipinski definition) is 13. The zero-order valence-corrected chi connectivity index (χ0v) is 55.6. The highest BCUT2D eigenvalue weighted by atomic mass is 127. The van der Waals surface area contributed by atoms with Crippen LogP contribution in [0.25, 0.3) is 0 Å². The molecular formula is C63H89Cl2IN14O8S. The summed E-state index contributed by atoms with van der Waals surface area (Å²) in [5.41, 5.74) is 41.5. The average Bonchev–Trinajstić information content (AvgIpc) is 3.48. The Morgan fingerprint density at radius 3 is 1.33 bits per heavy atom. The monoisotopic (exact) mass is 1400 g/mol. The zero-order chi connectivity index (χ0) is 64.4. The van der Waals surface area contributed by atoms with Gasteiger partial charge in [0.1, 0.15) is 11.5 Å². The van der Waals surface area contributed by atoms with E-state index in [4.69, 9.17) is 72.5 Å². The van der Waals surface area contributed by atoms with Gasteiger partial charge in [-0.05, 0) is 147 Å². The number of amides is 2. The van der Waals surface area contributed by atoms with Crippen LogP contribution in [0.3, 0.4) is 0 Å². The number of nitrogens with two attached hydrogens (primary N) is 6. The van der Waals surface area contributed by atoms with E-state index in [1.54, 1.807) is 44.7 Å². The molecule has 2 amide bonds. The number of hydrogen-bond acceptors (Lipinski definition) is 20. The number of thioether (sulfide) groups is 1. The molecule has 0 radical (unpaired) electrons. The molecule has 0 spiro atoms. The van der Waals surface area contributed by atoms with Crippen LogP contribution in [-0.4, -0.2) is 96.9 Å². The minimum absolute atomic E-state index is 0. The molecule has 0 aliphatic rings. The minimum atomic E-state index is -0.658. The van der Waals surface area contributed by atoms with Gasteiger partial charge in [0.2, 0.25) is 0 Å². The summed E-state index contributed by atoms with van der Waals surface area (Å²) in [6.07, 6.45) is 19.0. The molecule has 0 aliphatic heterocycles. The van der Waals surface area contributed by atoms with Gasteiger partial charge in [-0.3, -0.25) is 25.3 Å². The number of carbonyl (C=O) groups excluding carboxylic acids is 2. The number of aromatic hydroxyl groups is 2. The third kappa shape index (κ3) is 28.4. The summed E-state index contributed by atoms with van der Waals surface area (Å²) in [4.78, 5) is 43.0. The first kappa shape index (κ1) is 76.6. The number of halogens is 3. The Bertz CT molecular complexity index is 3150. The molecular weight excluding hydrogens is 1310 g/mol. The number of aryl methyl sites for hydroxylation is 4. The Kier molecular flexibility index (Phi) is 36.5. The van der Waals surface area contributed by atoms with E-state index in [1.165, 1.54) is 41.5 Å². The average molecular weight is 1400 g/mol. The number of amidine groups is 1. The molecule has 0 saturated carbocycles. The summed E-state index contributed by atoms with van der Waals surface area (Å²) >= 11 is 12.5. The number of aliphatic hydroxyl groups is 2. The van der Waals surface area contributed by atoms with Crippen molar-refractivity contribution in [1.29, 1.82) is 5.41 Å². The van der Waals surface area contributed by atoms with E-state index in [2.05, 4.69) is 84.1 Å². The number of aliphatic imine (C=N–C) groups is 1. The summed E-state index contributed by atoms with van der Waals surface area (Å²) < 4.78 is 10.2. The molecule has 0 unspecified atom stereocenters. The number of guanidine groups is 1. The van der Waals surface area contributed by atoms with Crippen LogP contribution in [0.2, 0.25) is 10.3 Å². The number of anilines is 4. The Hall–Kier alpha value is -6.62. The predicted octanol–water partition coefficient (Wildman–Crippen LogP) is 10.4. The Morgan fingerprint density at radius 1 is 0.573 bits per heavy atom. The number of aliphatic hydroxyl groups excluding tert-OH is 2. The van der Waals surface area contributed by atoms with Crippen molar-refractivity contribution in [3.63, 3.8) is 0 Å². The number of phenols is 2. The highest BCUT2D eigenvalue weighted by Gasteiger charge is 2.19. The number of carbonyl (C=O) groups is 2. The van der Waals surface area contributed by atoms with Crippen LogP contribution in [-0.2, 0) is 48.4 Å². The number of methoxy groups -OCH3 is 2. The van der Waals surface area contributed by atoms with Crippen molar-refractivity contribution >= 4 is 105 Å². The van der Waals surface area contributed by atoms with Gasteiger partial charge in [0.05, 0.1) is 25.4 Å². The number of nitrogens with zero attached hydrogens (tertiary/aromatic N) is 5.